The Morgan fingerprint density at radius 3 is 2.71 bits per heavy atom. The summed E-state index contributed by atoms with van der Waals surface area (Å²) < 4.78 is 13.2. The molecule has 0 unspecified atom stereocenters. The van der Waals surface area contributed by atoms with Crippen molar-refractivity contribution in [2.75, 3.05) is 7.11 Å². The average molecular weight is 432 g/mol. The quantitative estimate of drug-likeness (QED) is 0.347. The topological polar surface area (TPSA) is 70.2 Å². The van der Waals surface area contributed by atoms with Crippen molar-refractivity contribution >= 4 is 39.4 Å². The Bertz CT molecular complexity index is 1400. The van der Waals surface area contributed by atoms with Crippen LogP contribution in [0.15, 0.2) is 65.3 Å². The predicted molar refractivity (Wildman–Crippen MR) is 119 cm³/mol. The Kier molecular flexibility index (Phi) is 4.71. The molecule has 3 aromatic heterocycles. The number of hydrogen-bond acceptors (Lipinski definition) is 5. The zero-order valence-electron chi connectivity index (χ0n) is 16.9. The molecule has 0 saturated carbocycles. The fourth-order valence-corrected chi connectivity index (χ4v) is 3.96. The molecule has 0 saturated heterocycles. The number of carbonyl (C=O) groups is 1. The van der Waals surface area contributed by atoms with Crippen LogP contribution in [0.5, 0.6) is 5.75 Å². The Hall–Kier alpha value is -3.64. The molecule has 0 amide bonds. The number of oxazole rings is 1. The van der Waals surface area contributed by atoms with Gasteiger partial charge in [-0.1, -0.05) is 23.7 Å². The molecule has 31 heavy (non-hydrogen) atoms. The first-order chi connectivity index (χ1) is 15.0. The summed E-state index contributed by atoms with van der Waals surface area (Å²) in [5.74, 6) is 0.438. The third kappa shape index (κ3) is 3.35. The van der Waals surface area contributed by atoms with E-state index >= 15 is 0 Å². The van der Waals surface area contributed by atoms with Crippen LogP contribution in [0, 0.1) is 6.92 Å². The van der Waals surface area contributed by atoms with Crippen LogP contribution in [0.4, 0.5) is 0 Å². The van der Waals surface area contributed by atoms with E-state index in [0.717, 1.165) is 22.2 Å². The van der Waals surface area contributed by atoms with Gasteiger partial charge < -0.3 is 13.7 Å². The highest BCUT2D eigenvalue weighted by Gasteiger charge is 2.25. The predicted octanol–water partition coefficient (Wildman–Crippen LogP) is 5.43. The average Bonchev–Trinajstić information content (AvgIpc) is 3.34. The Morgan fingerprint density at radius 2 is 1.97 bits per heavy atom. The van der Waals surface area contributed by atoms with Gasteiger partial charge in [-0.3, -0.25) is 9.78 Å². The van der Waals surface area contributed by atoms with Gasteiger partial charge in [-0.15, -0.1) is 0 Å². The monoisotopic (exact) mass is 431 g/mol. The molecular weight excluding hydrogens is 414 g/mol. The molecule has 0 bridgehead atoms. The molecule has 6 nitrogen and oxygen atoms in total. The summed E-state index contributed by atoms with van der Waals surface area (Å²) in [5.41, 5.74) is 4.44. The lowest BCUT2D eigenvalue weighted by Gasteiger charge is -2.09. The van der Waals surface area contributed by atoms with Crippen LogP contribution in [0.25, 0.3) is 22.0 Å². The Labute approximate surface area is 183 Å². The van der Waals surface area contributed by atoms with Crippen molar-refractivity contribution in [2.45, 2.75) is 13.5 Å². The molecule has 0 aliphatic rings. The highest BCUT2D eigenvalue weighted by Crippen LogP contribution is 2.32. The maximum absolute atomic E-state index is 13.5. The molecule has 0 spiro atoms. The van der Waals surface area contributed by atoms with Crippen LogP contribution in [0.1, 0.15) is 27.5 Å². The van der Waals surface area contributed by atoms with Crippen LogP contribution >= 0.6 is 11.6 Å². The lowest BCUT2D eigenvalue weighted by Crippen LogP contribution is -2.06. The summed E-state index contributed by atoms with van der Waals surface area (Å²) in [4.78, 5) is 21.9. The van der Waals surface area contributed by atoms with Gasteiger partial charge in [-0.2, -0.15) is 0 Å². The van der Waals surface area contributed by atoms with Gasteiger partial charge in [0.05, 0.1) is 18.9 Å². The molecule has 154 valence electrons. The van der Waals surface area contributed by atoms with Gasteiger partial charge in [-0.05, 0) is 48.9 Å². The molecule has 7 heteroatoms. The fourth-order valence-electron chi connectivity index (χ4n) is 3.84. The van der Waals surface area contributed by atoms with Gasteiger partial charge in [0.15, 0.2) is 5.58 Å². The zero-order chi connectivity index (χ0) is 21.5. The van der Waals surface area contributed by atoms with Crippen LogP contribution in [0.2, 0.25) is 5.02 Å². The first-order valence-corrected chi connectivity index (χ1v) is 10.1. The number of ketones is 1. The van der Waals surface area contributed by atoms with Crippen LogP contribution < -0.4 is 4.74 Å². The zero-order valence-corrected chi connectivity index (χ0v) is 17.7. The van der Waals surface area contributed by atoms with Crippen molar-refractivity contribution in [1.82, 2.24) is 14.5 Å². The molecule has 0 aliphatic heterocycles. The minimum absolute atomic E-state index is 0.0412. The second kappa shape index (κ2) is 7.56. The van der Waals surface area contributed by atoms with Crippen LogP contribution in [0.3, 0.4) is 0 Å². The minimum Gasteiger partial charge on any atom is -0.497 e. The second-order valence-electron chi connectivity index (χ2n) is 7.25. The van der Waals surface area contributed by atoms with E-state index in [4.69, 9.17) is 20.8 Å². The molecule has 0 atom stereocenters. The molecule has 0 aliphatic carbocycles. The Balaban J connectivity index is 1.68. The van der Waals surface area contributed by atoms with Crippen molar-refractivity contribution < 1.29 is 13.9 Å². The molecule has 5 aromatic rings. The van der Waals surface area contributed by atoms with E-state index in [2.05, 4.69) is 14.5 Å². The van der Waals surface area contributed by atoms with Gasteiger partial charge >= 0.3 is 0 Å². The first kappa shape index (κ1) is 19.3. The van der Waals surface area contributed by atoms with E-state index in [1.54, 1.807) is 25.6 Å². The number of rotatable bonds is 5. The van der Waals surface area contributed by atoms with E-state index in [-0.39, 0.29) is 11.7 Å². The highest BCUT2D eigenvalue weighted by molar-refractivity contribution is 6.30. The van der Waals surface area contributed by atoms with E-state index in [0.29, 0.717) is 34.0 Å². The van der Waals surface area contributed by atoms with Gasteiger partial charge in [0.2, 0.25) is 5.78 Å². The summed E-state index contributed by atoms with van der Waals surface area (Å²) in [6.07, 6.45) is 3.17. The number of pyridine rings is 1. The minimum atomic E-state index is -0.276. The number of methoxy groups -OCH3 is 1. The number of carbonyl (C=O) groups excluding carboxylic acids is 1. The van der Waals surface area contributed by atoms with Gasteiger partial charge in [0.25, 0.3) is 5.89 Å². The van der Waals surface area contributed by atoms with Crippen molar-refractivity contribution in [3.05, 3.63) is 88.7 Å². The number of fused-ring (bicyclic) bond motifs is 2. The van der Waals surface area contributed by atoms with Crippen LogP contribution in [-0.4, -0.2) is 27.4 Å². The third-order valence-corrected chi connectivity index (χ3v) is 5.65. The van der Waals surface area contributed by atoms with Crippen molar-refractivity contribution in [3.8, 4) is 5.75 Å². The number of ether oxygens (including phenoxy) is 1. The van der Waals surface area contributed by atoms with E-state index in [1.165, 1.54) is 0 Å². The standard InChI is InChI=1S/C24H18ClN3O3/c1-14-22(23(29)24-27-19-9-10-26-12-21(19)31-24)18-11-17(30-2)7-8-20(18)28(14)13-15-3-5-16(25)6-4-15/h3-12H,13H2,1-2H3. The molecule has 2 aromatic carbocycles. The van der Waals surface area contributed by atoms with Gasteiger partial charge in [-0.25, -0.2) is 4.98 Å². The van der Waals surface area contributed by atoms with Gasteiger partial charge in [0, 0.05) is 34.4 Å². The maximum atomic E-state index is 13.5. The number of halogens is 1. The number of hydrogen-bond donors (Lipinski definition) is 0. The lowest BCUT2D eigenvalue weighted by atomic mass is 10.1. The second-order valence-corrected chi connectivity index (χ2v) is 7.68. The number of benzene rings is 2. The Morgan fingerprint density at radius 1 is 1.16 bits per heavy atom. The fraction of sp³-hybridized carbons (Fsp3) is 0.125. The summed E-state index contributed by atoms with van der Waals surface area (Å²) >= 11 is 6.03. The summed E-state index contributed by atoms with van der Waals surface area (Å²) in [6, 6.07) is 15.1. The molecule has 0 fully saturated rings. The van der Waals surface area contributed by atoms with Crippen molar-refractivity contribution in [1.29, 1.82) is 0 Å². The number of aromatic nitrogens is 3. The first-order valence-electron chi connectivity index (χ1n) is 9.71. The molecule has 5 rings (SSSR count). The van der Waals surface area contributed by atoms with E-state index in [1.807, 2.05) is 49.4 Å². The highest BCUT2D eigenvalue weighted by atomic mass is 35.5. The SMILES string of the molecule is COc1ccc2c(c1)c(C(=O)c1nc3ccncc3o1)c(C)n2Cc1ccc(Cl)cc1. The molecule has 0 N–H and O–H groups in total. The van der Waals surface area contributed by atoms with Crippen molar-refractivity contribution in [2.24, 2.45) is 0 Å². The van der Waals surface area contributed by atoms with Crippen molar-refractivity contribution in [3.63, 3.8) is 0 Å². The smallest absolute Gasteiger partial charge is 0.269 e. The summed E-state index contributed by atoms with van der Waals surface area (Å²) in [7, 11) is 1.61. The maximum Gasteiger partial charge on any atom is 0.269 e. The van der Waals surface area contributed by atoms with Gasteiger partial charge in [0.1, 0.15) is 11.3 Å². The van der Waals surface area contributed by atoms with E-state index < -0.39 is 0 Å². The largest absolute Gasteiger partial charge is 0.497 e. The molecular formula is C24H18ClN3O3. The summed E-state index contributed by atoms with van der Waals surface area (Å²) in [5, 5.41) is 1.47. The van der Waals surface area contributed by atoms with E-state index in [9.17, 15) is 4.79 Å². The van der Waals surface area contributed by atoms with Crippen LogP contribution in [-0.2, 0) is 6.54 Å². The normalized spacial score (nSPS) is 11.3. The lowest BCUT2D eigenvalue weighted by molar-refractivity contribution is 0.101. The summed E-state index contributed by atoms with van der Waals surface area (Å²) in [6.45, 7) is 2.52. The third-order valence-electron chi connectivity index (χ3n) is 5.40. The molecule has 0 radical (unpaired) electrons. The molecule has 3 heterocycles. The number of nitrogens with zero attached hydrogens (tertiary/aromatic N) is 3.